The van der Waals surface area contributed by atoms with E-state index in [1.54, 1.807) is 11.8 Å². The largest absolute Gasteiger partial charge is 0.443 e. The number of carbonyl (C=O) groups is 1. The number of anilines is 1. The minimum absolute atomic E-state index is 0.0572. The molecule has 0 spiro atoms. The van der Waals surface area contributed by atoms with Crippen LogP contribution in [0.1, 0.15) is 5.56 Å². The molecule has 2 rings (SSSR count). The predicted octanol–water partition coefficient (Wildman–Crippen LogP) is 1.78. The Bertz CT molecular complexity index is 409. The highest BCUT2D eigenvalue weighted by atomic mass is 32.2. The summed E-state index contributed by atoms with van der Waals surface area (Å²) >= 11 is 1.61. The quantitative estimate of drug-likeness (QED) is 0.622. The summed E-state index contributed by atoms with van der Waals surface area (Å²) in [5.74, 6) is 0.728. The molecule has 1 saturated heterocycles. The number of amides is 1. The van der Waals surface area contributed by atoms with Crippen molar-refractivity contribution in [1.29, 1.82) is 0 Å². The van der Waals surface area contributed by atoms with Crippen LogP contribution >= 0.6 is 11.8 Å². The van der Waals surface area contributed by atoms with Crippen LogP contribution in [-0.2, 0) is 4.74 Å². The lowest BCUT2D eigenvalue weighted by Crippen LogP contribution is -2.16. The second-order valence-electron chi connectivity index (χ2n) is 3.76. The van der Waals surface area contributed by atoms with Crippen molar-refractivity contribution in [2.24, 2.45) is 0 Å². The van der Waals surface area contributed by atoms with Crippen LogP contribution < -0.4 is 11.1 Å². The van der Waals surface area contributed by atoms with Gasteiger partial charge in [-0.3, -0.25) is 0 Å². The molecule has 0 aromatic heterocycles. The SMILES string of the molecule is Cc1ccc(SCC2CNC(=O)O2)c(N)c1. The number of benzene rings is 1. The normalized spacial score (nSPS) is 19.3. The third kappa shape index (κ3) is 2.61. The van der Waals surface area contributed by atoms with Crippen molar-refractivity contribution in [3.63, 3.8) is 0 Å². The molecular formula is C11H14N2O2S. The Kier molecular flexibility index (Phi) is 3.24. The highest BCUT2D eigenvalue weighted by molar-refractivity contribution is 7.99. The van der Waals surface area contributed by atoms with Crippen molar-refractivity contribution < 1.29 is 9.53 Å². The number of nitrogen functional groups attached to an aromatic ring is 1. The zero-order chi connectivity index (χ0) is 11.5. The number of nitrogens with one attached hydrogen (secondary N) is 1. The molecule has 5 heteroatoms. The number of aryl methyl sites for hydroxylation is 1. The Morgan fingerprint density at radius 2 is 2.44 bits per heavy atom. The standard InChI is InChI=1S/C11H14N2O2S/c1-7-2-3-10(9(12)4-7)16-6-8-5-13-11(14)15-8/h2-4,8H,5-6,12H2,1H3,(H,13,14). The third-order valence-corrected chi connectivity index (χ3v) is 3.56. The number of nitrogens with two attached hydrogens (primary N) is 1. The molecule has 1 aliphatic rings. The summed E-state index contributed by atoms with van der Waals surface area (Å²) in [5, 5.41) is 2.62. The summed E-state index contributed by atoms with van der Waals surface area (Å²) in [6, 6.07) is 5.97. The lowest BCUT2D eigenvalue weighted by molar-refractivity contribution is 0.150. The summed E-state index contributed by atoms with van der Waals surface area (Å²) in [5.41, 5.74) is 7.82. The van der Waals surface area contributed by atoms with Gasteiger partial charge in [0, 0.05) is 16.3 Å². The van der Waals surface area contributed by atoms with Crippen molar-refractivity contribution in [3.8, 4) is 0 Å². The minimum Gasteiger partial charge on any atom is -0.443 e. The van der Waals surface area contributed by atoms with Gasteiger partial charge in [-0.1, -0.05) is 6.07 Å². The minimum atomic E-state index is -0.331. The fraction of sp³-hybridized carbons (Fsp3) is 0.364. The maximum absolute atomic E-state index is 10.8. The molecule has 1 aliphatic heterocycles. The molecule has 1 unspecified atom stereocenters. The van der Waals surface area contributed by atoms with Gasteiger partial charge >= 0.3 is 6.09 Å². The fourth-order valence-corrected chi connectivity index (χ4v) is 2.45. The first-order valence-electron chi connectivity index (χ1n) is 5.08. The maximum Gasteiger partial charge on any atom is 0.407 e. The first-order valence-corrected chi connectivity index (χ1v) is 6.07. The van der Waals surface area contributed by atoms with Gasteiger partial charge in [0.05, 0.1) is 6.54 Å². The van der Waals surface area contributed by atoms with Crippen LogP contribution in [0.3, 0.4) is 0 Å². The van der Waals surface area contributed by atoms with Crippen LogP contribution in [0, 0.1) is 6.92 Å². The average molecular weight is 238 g/mol. The Morgan fingerprint density at radius 3 is 3.06 bits per heavy atom. The van der Waals surface area contributed by atoms with Crippen molar-refractivity contribution in [2.45, 2.75) is 17.9 Å². The number of carbonyl (C=O) groups excluding carboxylic acids is 1. The number of rotatable bonds is 3. The lowest BCUT2D eigenvalue weighted by atomic mass is 10.2. The topological polar surface area (TPSA) is 64.3 Å². The van der Waals surface area contributed by atoms with Crippen LogP contribution in [0.2, 0.25) is 0 Å². The molecule has 1 aromatic carbocycles. The molecule has 3 N–H and O–H groups in total. The van der Waals surface area contributed by atoms with Gasteiger partial charge in [-0.15, -0.1) is 11.8 Å². The van der Waals surface area contributed by atoms with Crippen LogP contribution in [0.4, 0.5) is 10.5 Å². The first-order chi connectivity index (χ1) is 7.65. The van der Waals surface area contributed by atoms with Gasteiger partial charge in [-0.2, -0.15) is 0 Å². The van der Waals surface area contributed by atoms with Crippen LogP contribution in [-0.4, -0.2) is 24.5 Å². The van der Waals surface area contributed by atoms with E-state index in [2.05, 4.69) is 5.32 Å². The summed E-state index contributed by atoms with van der Waals surface area (Å²) in [4.78, 5) is 11.8. The van der Waals surface area contributed by atoms with Gasteiger partial charge in [-0.05, 0) is 24.6 Å². The van der Waals surface area contributed by atoms with Crippen molar-refractivity contribution >= 4 is 23.5 Å². The van der Waals surface area contributed by atoms with E-state index in [9.17, 15) is 4.79 Å². The number of ether oxygens (including phenoxy) is 1. The van der Waals surface area contributed by atoms with E-state index in [0.717, 1.165) is 21.9 Å². The zero-order valence-corrected chi connectivity index (χ0v) is 9.84. The maximum atomic E-state index is 10.8. The van der Waals surface area contributed by atoms with Crippen LogP contribution in [0.5, 0.6) is 0 Å². The van der Waals surface area contributed by atoms with Gasteiger partial charge in [-0.25, -0.2) is 4.79 Å². The van der Waals surface area contributed by atoms with Gasteiger partial charge in [0.25, 0.3) is 0 Å². The molecule has 1 aromatic rings. The number of hydrogen-bond donors (Lipinski definition) is 2. The van der Waals surface area contributed by atoms with E-state index < -0.39 is 0 Å². The van der Waals surface area contributed by atoms with Crippen molar-refractivity contribution in [1.82, 2.24) is 5.32 Å². The molecule has 1 amide bonds. The molecule has 86 valence electrons. The Morgan fingerprint density at radius 1 is 1.62 bits per heavy atom. The molecule has 0 aliphatic carbocycles. The lowest BCUT2D eigenvalue weighted by Gasteiger charge is -2.09. The molecular weight excluding hydrogens is 224 g/mol. The van der Waals surface area contributed by atoms with Crippen molar-refractivity contribution in [2.75, 3.05) is 18.0 Å². The van der Waals surface area contributed by atoms with E-state index >= 15 is 0 Å². The van der Waals surface area contributed by atoms with E-state index in [4.69, 9.17) is 10.5 Å². The molecule has 1 heterocycles. The summed E-state index contributed by atoms with van der Waals surface area (Å²) in [7, 11) is 0. The second kappa shape index (κ2) is 4.65. The van der Waals surface area contributed by atoms with E-state index in [1.165, 1.54) is 0 Å². The first kappa shape index (κ1) is 11.1. The van der Waals surface area contributed by atoms with Crippen LogP contribution in [0.25, 0.3) is 0 Å². The molecule has 0 radical (unpaired) electrons. The molecule has 0 bridgehead atoms. The Labute approximate surface area is 98.5 Å². The molecule has 1 fully saturated rings. The highest BCUT2D eigenvalue weighted by Crippen LogP contribution is 2.27. The molecule has 0 saturated carbocycles. The number of alkyl carbamates (subject to hydrolysis) is 1. The number of thioether (sulfide) groups is 1. The van der Waals surface area contributed by atoms with Gasteiger partial charge in [0.15, 0.2) is 0 Å². The summed E-state index contributed by atoms with van der Waals surface area (Å²) in [6.07, 6.45) is -0.388. The monoisotopic (exact) mass is 238 g/mol. The predicted molar refractivity (Wildman–Crippen MR) is 64.6 cm³/mol. The van der Waals surface area contributed by atoms with Crippen molar-refractivity contribution in [3.05, 3.63) is 23.8 Å². The molecule has 4 nitrogen and oxygen atoms in total. The molecule has 16 heavy (non-hydrogen) atoms. The van der Waals surface area contributed by atoms with Gasteiger partial charge in [0.1, 0.15) is 6.10 Å². The second-order valence-corrected chi connectivity index (χ2v) is 4.82. The summed E-state index contributed by atoms with van der Waals surface area (Å²) in [6.45, 7) is 2.59. The zero-order valence-electron chi connectivity index (χ0n) is 9.03. The van der Waals surface area contributed by atoms with Crippen LogP contribution in [0.15, 0.2) is 23.1 Å². The summed E-state index contributed by atoms with van der Waals surface area (Å²) < 4.78 is 5.03. The smallest absolute Gasteiger partial charge is 0.407 e. The fourth-order valence-electron chi connectivity index (χ4n) is 1.51. The number of cyclic esters (lactones) is 1. The van der Waals surface area contributed by atoms with E-state index in [-0.39, 0.29) is 12.2 Å². The Hall–Kier alpha value is -1.36. The highest BCUT2D eigenvalue weighted by Gasteiger charge is 2.22. The van der Waals surface area contributed by atoms with Gasteiger partial charge < -0.3 is 15.8 Å². The van der Waals surface area contributed by atoms with E-state index in [0.29, 0.717) is 6.54 Å². The third-order valence-electron chi connectivity index (χ3n) is 2.34. The van der Waals surface area contributed by atoms with Gasteiger partial charge in [0.2, 0.25) is 0 Å². The number of hydrogen-bond acceptors (Lipinski definition) is 4. The van der Waals surface area contributed by atoms with E-state index in [1.807, 2.05) is 25.1 Å². The average Bonchev–Trinajstić information content (AvgIpc) is 2.63. The molecule has 1 atom stereocenters. The Balaban J connectivity index is 1.92.